The zero-order chi connectivity index (χ0) is 21.1. The Labute approximate surface area is 179 Å². The molecule has 30 heavy (non-hydrogen) atoms. The zero-order valence-corrected chi connectivity index (χ0v) is 18.2. The Balaban J connectivity index is 1.39. The molecular weight excluding hydrogens is 374 g/mol. The van der Waals surface area contributed by atoms with E-state index in [1.807, 2.05) is 35.2 Å². The fourth-order valence-electron chi connectivity index (χ4n) is 4.36. The van der Waals surface area contributed by atoms with Crippen LogP contribution in [0.25, 0.3) is 5.70 Å². The average molecular weight is 406 g/mol. The molecule has 0 N–H and O–H groups in total. The molecule has 2 aliphatic heterocycles. The summed E-state index contributed by atoms with van der Waals surface area (Å²) in [5.74, 6) is 1.45. The first kappa shape index (κ1) is 20.5. The molecule has 0 spiro atoms. The Morgan fingerprint density at radius 3 is 2.30 bits per heavy atom. The first-order chi connectivity index (χ1) is 14.6. The van der Waals surface area contributed by atoms with Crippen LogP contribution in [0.15, 0.2) is 54.6 Å². The summed E-state index contributed by atoms with van der Waals surface area (Å²) in [6.45, 7) is 9.82. The average Bonchev–Trinajstić information content (AvgIpc) is 3.03. The maximum atomic E-state index is 13.0. The number of allylic oxidation sites excluding steroid dienone is 1. The van der Waals surface area contributed by atoms with E-state index in [9.17, 15) is 4.79 Å². The van der Waals surface area contributed by atoms with Crippen molar-refractivity contribution in [3.63, 3.8) is 0 Å². The Morgan fingerprint density at radius 1 is 0.933 bits per heavy atom. The van der Waals surface area contributed by atoms with Crippen molar-refractivity contribution in [2.24, 2.45) is 5.92 Å². The predicted molar refractivity (Wildman–Crippen MR) is 122 cm³/mol. The van der Waals surface area contributed by atoms with E-state index >= 15 is 0 Å². The molecule has 5 heteroatoms. The van der Waals surface area contributed by atoms with Crippen molar-refractivity contribution in [3.8, 4) is 5.75 Å². The second-order valence-electron chi connectivity index (χ2n) is 8.30. The van der Waals surface area contributed by atoms with E-state index in [0.717, 1.165) is 67.5 Å². The molecule has 0 unspecified atom stereocenters. The van der Waals surface area contributed by atoms with Crippen molar-refractivity contribution in [1.82, 2.24) is 9.80 Å². The highest BCUT2D eigenvalue weighted by molar-refractivity contribution is 6.09. The Morgan fingerprint density at radius 2 is 1.60 bits per heavy atom. The molecule has 0 saturated carbocycles. The molecule has 1 fully saturated rings. The lowest BCUT2D eigenvalue weighted by Crippen LogP contribution is -2.48. The first-order valence-electron chi connectivity index (χ1n) is 10.8. The van der Waals surface area contributed by atoms with Crippen LogP contribution in [-0.2, 0) is 0 Å². The number of hydrogen-bond acceptors (Lipinski definition) is 4. The van der Waals surface area contributed by atoms with Gasteiger partial charge in [-0.2, -0.15) is 0 Å². The molecule has 0 aliphatic carbocycles. The van der Waals surface area contributed by atoms with Gasteiger partial charge in [-0.3, -0.25) is 9.69 Å². The van der Waals surface area contributed by atoms with Gasteiger partial charge in [0.2, 0.25) is 0 Å². The number of hydrogen-bond donors (Lipinski definition) is 0. The van der Waals surface area contributed by atoms with Crippen LogP contribution in [0.3, 0.4) is 0 Å². The summed E-state index contributed by atoms with van der Waals surface area (Å²) in [6, 6.07) is 16.2. The molecule has 0 aromatic heterocycles. The topological polar surface area (TPSA) is 36.0 Å². The third kappa shape index (κ3) is 4.08. The van der Waals surface area contributed by atoms with Gasteiger partial charge in [0.1, 0.15) is 5.75 Å². The van der Waals surface area contributed by atoms with E-state index in [1.54, 1.807) is 7.11 Å². The van der Waals surface area contributed by atoms with Gasteiger partial charge in [0.05, 0.1) is 12.8 Å². The van der Waals surface area contributed by atoms with Crippen LogP contribution in [0.5, 0.6) is 5.75 Å². The molecule has 2 aliphatic rings. The molecule has 4 rings (SSSR count). The fourth-order valence-corrected chi connectivity index (χ4v) is 4.36. The minimum atomic E-state index is 0.130. The van der Waals surface area contributed by atoms with Crippen LogP contribution in [0.4, 0.5) is 5.69 Å². The highest BCUT2D eigenvalue weighted by atomic mass is 16.5. The minimum absolute atomic E-state index is 0.130. The van der Waals surface area contributed by atoms with Gasteiger partial charge in [0, 0.05) is 56.1 Å². The van der Waals surface area contributed by atoms with E-state index < -0.39 is 0 Å². The highest BCUT2D eigenvalue weighted by Crippen LogP contribution is 2.33. The summed E-state index contributed by atoms with van der Waals surface area (Å²) >= 11 is 0. The number of rotatable bonds is 6. The Hall–Kier alpha value is -2.79. The lowest BCUT2D eigenvalue weighted by molar-refractivity contribution is 0.0835. The van der Waals surface area contributed by atoms with Gasteiger partial charge in [-0.25, -0.2) is 0 Å². The van der Waals surface area contributed by atoms with Crippen molar-refractivity contribution in [1.29, 1.82) is 0 Å². The summed E-state index contributed by atoms with van der Waals surface area (Å²) in [5, 5.41) is 0. The van der Waals surface area contributed by atoms with Gasteiger partial charge >= 0.3 is 0 Å². The number of piperazine rings is 1. The summed E-state index contributed by atoms with van der Waals surface area (Å²) in [6.07, 6.45) is 2.21. The SMILES string of the molecule is COc1ccccc1N1CCN(CCN2C(=O)c3ccccc3/C2=C\C(C)C)CC1. The molecule has 1 saturated heterocycles. The molecule has 2 heterocycles. The number of carbonyl (C=O) groups is 1. The number of methoxy groups -OCH3 is 1. The van der Waals surface area contributed by atoms with Gasteiger partial charge in [0.25, 0.3) is 5.91 Å². The number of benzene rings is 2. The summed E-state index contributed by atoms with van der Waals surface area (Å²) in [7, 11) is 1.72. The standard InChI is InChI=1S/C25H31N3O2/c1-19(2)18-23-20-8-4-5-9-21(20)25(29)28(23)17-14-26-12-15-27(16-13-26)22-10-6-7-11-24(22)30-3/h4-11,18-19H,12-17H2,1-3H3/b23-18+. The molecule has 2 aromatic rings. The molecule has 0 radical (unpaired) electrons. The summed E-state index contributed by atoms with van der Waals surface area (Å²) in [4.78, 5) is 19.8. The largest absolute Gasteiger partial charge is 0.495 e. The number of nitrogens with zero attached hydrogens (tertiary/aromatic N) is 3. The minimum Gasteiger partial charge on any atom is -0.495 e. The normalized spacial score (nSPS) is 18.4. The van der Waals surface area contributed by atoms with Crippen molar-refractivity contribution < 1.29 is 9.53 Å². The van der Waals surface area contributed by atoms with Crippen molar-refractivity contribution in [2.75, 3.05) is 51.3 Å². The molecule has 5 nitrogen and oxygen atoms in total. The number of amides is 1. The van der Waals surface area contributed by atoms with Gasteiger partial charge in [-0.1, -0.05) is 50.3 Å². The predicted octanol–water partition coefficient (Wildman–Crippen LogP) is 3.97. The van der Waals surface area contributed by atoms with Crippen LogP contribution in [0.1, 0.15) is 29.8 Å². The van der Waals surface area contributed by atoms with Crippen LogP contribution < -0.4 is 9.64 Å². The smallest absolute Gasteiger partial charge is 0.259 e. The number of anilines is 1. The van der Waals surface area contributed by atoms with Crippen LogP contribution >= 0.6 is 0 Å². The Kier molecular flexibility index (Phi) is 6.09. The van der Waals surface area contributed by atoms with E-state index in [0.29, 0.717) is 5.92 Å². The van der Waals surface area contributed by atoms with E-state index in [4.69, 9.17) is 4.74 Å². The lowest BCUT2D eigenvalue weighted by atomic mass is 10.1. The van der Waals surface area contributed by atoms with Gasteiger partial charge in [-0.15, -0.1) is 0 Å². The third-order valence-electron chi connectivity index (χ3n) is 5.90. The van der Waals surface area contributed by atoms with Gasteiger partial charge in [0.15, 0.2) is 0 Å². The van der Waals surface area contributed by atoms with Crippen molar-refractivity contribution in [3.05, 3.63) is 65.7 Å². The van der Waals surface area contributed by atoms with Crippen molar-refractivity contribution >= 4 is 17.3 Å². The monoisotopic (exact) mass is 405 g/mol. The lowest BCUT2D eigenvalue weighted by Gasteiger charge is -2.37. The van der Waals surface area contributed by atoms with E-state index in [1.165, 1.54) is 0 Å². The van der Waals surface area contributed by atoms with E-state index in [2.05, 4.69) is 47.9 Å². The zero-order valence-electron chi connectivity index (χ0n) is 18.2. The maximum absolute atomic E-state index is 13.0. The molecule has 158 valence electrons. The quantitative estimate of drug-likeness (QED) is 0.729. The van der Waals surface area contributed by atoms with Gasteiger partial charge in [-0.05, 0) is 24.1 Å². The highest BCUT2D eigenvalue weighted by Gasteiger charge is 2.32. The molecule has 0 atom stereocenters. The summed E-state index contributed by atoms with van der Waals surface area (Å²) in [5.41, 5.74) is 4.12. The number of carbonyl (C=O) groups excluding carboxylic acids is 1. The van der Waals surface area contributed by atoms with Crippen molar-refractivity contribution in [2.45, 2.75) is 13.8 Å². The number of para-hydroxylation sites is 2. The maximum Gasteiger partial charge on any atom is 0.259 e. The second kappa shape index (κ2) is 8.92. The second-order valence-corrected chi connectivity index (χ2v) is 8.30. The molecule has 0 bridgehead atoms. The van der Waals surface area contributed by atoms with Crippen LogP contribution in [0, 0.1) is 5.92 Å². The van der Waals surface area contributed by atoms with E-state index in [-0.39, 0.29) is 5.91 Å². The summed E-state index contributed by atoms with van der Waals surface area (Å²) < 4.78 is 5.52. The number of fused-ring (bicyclic) bond motifs is 1. The third-order valence-corrected chi connectivity index (χ3v) is 5.90. The van der Waals surface area contributed by atoms with Crippen LogP contribution in [0.2, 0.25) is 0 Å². The first-order valence-corrected chi connectivity index (χ1v) is 10.8. The molecule has 2 aromatic carbocycles. The molecular formula is C25H31N3O2. The number of ether oxygens (including phenoxy) is 1. The van der Waals surface area contributed by atoms with Gasteiger partial charge < -0.3 is 14.5 Å². The molecule has 1 amide bonds. The fraction of sp³-hybridized carbons (Fsp3) is 0.400. The van der Waals surface area contributed by atoms with Crippen LogP contribution in [-0.4, -0.2) is 62.1 Å². The Bertz CT molecular complexity index is 929.